The molecule has 1 aromatic heterocycles. The fourth-order valence-corrected chi connectivity index (χ4v) is 1.28. The van der Waals surface area contributed by atoms with Gasteiger partial charge in [-0.2, -0.15) is 4.98 Å². The van der Waals surface area contributed by atoms with Gasteiger partial charge in [-0.15, -0.1) is 0 Å². The van der Waals surface area contributed by atoms with E-state index in [4.69, 9.17) is 4.74 Å². The first-order chi connectivity index (χ1) is 7.19. The van der Waals surface area contributed by atoms with E-state index in [2.05, 4.69) is 22.2 Å². The van der Waals surface area contributed by atoms with Crippen molar-refractivity contribution in [1.82, 2.24) is 9.97 Å². The van der Waals surface area contributed by atoms with Crippen LogP contribution >= 0.6 is 0 Å². The minimum Gasteiger partial charge on any atom is -0.477 e. The molecule has 1 rings (SSSR count). The summed E-state index contributed by atoms with van der Waals surface area (Å²) < 4.78 is 5.56. The molecule has 15 heavy (non-hydrogen) atoms. The van der Waals surface area contributed by atoms with E-state index < -0.39 is 0 Å². The molecule has 1 N–H and O–H groups in total. The molecule has 0 saturated heterocycles. The van der Waals surface area contributed by atoms with E-state index in [1.165, 1.54) is 0 Å². The van der Waals surface area contributed by atoms with E-state index >= 15 is 0 Å². The quantitative estimate of drug-likeness (QED) is 0.808. The predicted molar refractivity (Wildman–Crippen MR) is 61.5 cm³/mol. The first-order valence-electron chi connectivity index (χ1n) is 5.40. The van der Waals surface area contributed by atoms with Crippen LogP contribution in [0.5, 0.6) is 5.88 Å². The molecule has 0 aromatic carbocycles. The Hall–Kier alpha value is -1.32. The van der Waals surface area contributed by atoms with Gasteiger partial charge in [0.25, 0.3) is 0 Å². The van der Waals surface area contributed by atoms with Crippen molar-refractivity contribution in [3.05, 3.63) is 11.4 Å². The first kappa shape index (κ1) is 11.8. The average molecular weight is 209 g/mol. The number of ether oxygens (including phenoxy) is 1. The van der Waals surface area contributed by atoms with Crippen LogP contribution in [0.4, 0.5) is 5.82 Å². The fourth-order valence-electron chi connectivity index (χ4n) is 1.28. The van der Waals surface area contributed by atoms with Crippen molar-refractivity contribution in [3.63, 3.8) is 0 Å². The van der Waals surface area contributed by atoms with Gasteiger partial charge in [0, 0.05) is 6.54 Å². The van der Waals surface area contributed by atoms with Gasteiger partial charge in [-0.05, 0) is 27.2 Å². The molecule has 0 aliphatic rings. The number of nitrogens with zero attached hydrogens (tertiary/aromatic N) is 2. The number of aryl methyl sites for hydroxylation is 1. The summed E-state index contributed by atoms with van der Waals surface area (Å²) in [6, 6.07) is 0. The second-order valence-corrected chi connectivity index (χ2v) is 3.43. The Kier molecular flexibility index (Phi) is 4.34. The molecular formula is C11H19N3O. The maximum atomic E-state index is 5.56. The Balaban J connectivity index is 2.93. The zero-order valence-electron chi connectivity index (χ0n) is 9.92. The summed E-state index contributed by atoms with van der Waals surface area (Å²) in [4.78, 5) is 8.61. The van der Waals surface area contributed by atoms with Crippen LogP contribution in [0.25, 0.3) is 0 Å². The summed E-state index contributed by atoms with van der Waals surface area (Å²) in [5.74, 6) is 2.30. The molecule has 0 aliphatic heterocycles. The third-order valence-electron chi connectivity index (χ3n) is 2.00. The lowest BCUT2D eigenvalue weighted by Gasteiger charge is -2.12. The number of aromatic nitrogens is 2. The summed E-state index contributed by atoms with van der Waals surface area (Å²) >= 11 is 0. The summed E-state index contributed by atoms with van der Waals surface area (Å²) in [5.41, 5.74) is 0.982. The average Bonchev–Trinajstić information content (AvgIpc) is 2.21. The van der Waals surface area contributed by atoms with Crippen molar-refractivity contribution in [2.45, 2.75) is 34.1 Å². The minimum atomic E-state index is 0.695. The lowest BCUT2D eigenvalue weighted by Crippen LogP contribution is -2.08. The van der Waals surface area contributed by atoms with Crippen LogP contribution in [0.2, 0.25) is 0 Å². The Morgan fingerprint density at radius 2 is 1.93 bits per heavy atom. The maximum absolute atomic E-state index is 5.56. The zero-order chi connectivity index (χ0) is 11.3. The molecule has 0 saturated carbocycles. The van der Waals surface area contributed by atoms with Gasteiger partial charge in [0.15, 0.2) is 0 Å². The van der Waals surface area contributed by atoms with Crippen molar-refractivity contribution in [1.29, 1.82) is 0 Å². The van der Waals surface area contributed by atoms with Crippen LogP contribution in [0.1, 0.15) is 31.7 Å². The highest BCUT2D eigenvalue weighted by Crippen LogP contribution is 2.21. The second-order valence-electron chi connectivity index (χ2n) is 3.43. The Morgan fingerprint density at radius 1 is 1.20 bits per heavy atom. The molecule has 4 heteroatoms. The van der Waals surface area contributed by atoms with Crippen molar-refractivity contribution < 1.29 is 4.74 Å². The number of rotatable bonds is 5. The molecule has 0 radical (unpaired) electrons. The Labute approximate surface area is 91.1 Å². The highest BCUT2D eigenvalue weighted by Gasteiger charge is 2.08. The van der Waals surface area contributed by atoms with Gasteiger partial charge in [-0.25, -0.2) is 4.98 Å². The lowest BCUT2D eigenvalue weighted by atomic mass is 10.3. The molecular weight excluding hydrogens is 190 g/mol. The maximum Gasteiger partial charge on any atom is 0.221 e. The molecule has 0 fully saturated rings. The first-order valence-corrected chi connectivity index (χ1v) is 5.40. The predicted octanol–water partition coefficient (Wildman–Crippen LogP) is 2.31. The van der Waals surface area contributed by atoms with Crippen LogP contribution in [0, 0.1) is 13.8 Å². The van der Waals surface area contributed by atoms with Crippen LogP contribution in [0.15, 0.2) is 0 Å². The van der Waals surface area contributed by atoms with Gasteiger partial charge in [0.1, 0.15) is 11.6 Å². The van der Waals surface area contributed by atoms with Gasteiger partial charge < -0.3 is 10.1 Å². The van der Waals surface area contributed by atoms with Gasteiger partial charge in [-0.3, -0.25) is 0 Å². The number of hydrogen-bond donors (Lipinski definition) is 1. The molecule has 0 bridgehead atoms. The smallest absolute Gasteiger partial charge is 0.221 e. The normalized spacial score (nSPS) is 10.1. The van der Waals surface area contributed by atoms with E-state index in [1.807, 2.05) is 20.8 Å². The monoisotopic (exact) mass is 209 g/mol. The molecule has 4 nitrogen and oxygen atoms in total. The minimum absolute atomic E-state index is 0.695. The van der Waals surface area contributed by atoms with Crippen molar-refractivity contribution in [3.8, 4) is 5.88 Å². The molecule has 0 spiro atoms. The summed E-state index contributed by atoms with van der Waals surface area (Å²) in [6.07, 6.45) is 0.985. The molecule has 84 valence electrons. The topological polar surface area (TPSA) is 47.0 Å². The van der Waals surface area contributed by atoms with Crippen molar-refractivity contribution in [2.24, 2.45) is 0 Å². The zero-order valence-corrected chi connectivity index (χ0v) is 9.92. The van der Waals surface area contributed by atoms with Crippen LogP contribution in [-0.2, 0) is 0 Å². The molecule has 0 amide bonds. The van der Waals surface area contributed by atoms with Gasteiger partial charge in [0.2, 0.25) is 5.88 Å². The van der Waals surface area contributed by atoms with Gasteiger partial charge in [0.05, 0.1) is 12.2 Å². The standard InChI is InChI=1S/C11H19N3O/c1-5-7-15-11-8(3)10(12-6-2)13-9(4)14-11/h5-7H2,1-4H3,(H,12,13,14). The summed E-state index contributed by atoms with van der Waals surface area (Å²) in [5, 5.41) is 3.20. The SMILES string of the molecule is CCCOc1nc(C)nc(NCC)c1C. The summed E-state index contributed by atoms with van der Waals surface area (Å²) in [7, 11) is 0. The Morgan fingerprint density at radius 3 is 2.53 bits per heavy atom. The number of hydrogen-bond acceptors (Lipinski definition) is 4. The van der Waals surface area contributed by atoms with Gasteiger partial charge in [-0.1, -0.05) is 6.92 Å². The van der Waals surface area contributed by atoms with E-state index in [0.29, 0.717) is 12.5 Å². The van der Waals surface area contributed by atoms with E-state index in [0.717, 1.165) is 30.2 Å². The van der Waals surface area contributed by atoms with E-state index in [1.54, 1.807) is 0 Å². The number of anilines is 1. The van der Waals surface area contributed by atoms with Gasteiger partial charge >= 0.3 is 0 Å². The number of nitrogens with one attached hydrogen (secondary N) is 1. The second kappa shape index (κ2) is 5.53. The van der Waals surface area contributed by atoms with Crippen LogP contribution in [-0.4, -0.2) is 23.1 Å². The summed E-state index contributed by atoms with van der Waals surface area (Å²) in [6.45, 7) is 9.52. The highest BCUT2D eigenvalue weighted by atomic mass is 16.5. The molecule has 0 unspecified atom stereocenters. The largest absolute Gasteiger partial charge is 0.477 e. The van der Waals surface area contributed by atoms with Crippen LogP contribution < -0.4 is 10.1 Å². The third-order valence-corrected chi connectivity index (χ3v) is 2.00. The highest BCUT2D eigenvalue weighted by molar-refractivity contribution is 5.48. The lowest BCUT2D eigenvalue weighted by molar-refractivity contribution is 0.302. The van der Waals surface area contributed by atoms with Crippen molar-refractivity contribution in [2.75, 3.05) is 18.5 Å². The van der Waals surface area contributed by atoms with Crippen molar-refractivity contribution >= 4 is 5.82 Å². The van der Waals surface area contributed by atoms with E-state index in [9.17, 15) is 0 Å². The third kappa shape index (κ3) is 3.08. The molecule has 1 aromatic rings. The Bertz CT molecular complexity index is 326. The van der Waals surface area contributed by atoms with E-state index in [-0.39, 0.29) is 0 Å². The molecule has 0 aliphatic carbocycles. The fraction of sp³-hybridized carbons (Fsp3) is 0.636. The van der Waals surface area contributed by atoms with Crippen LogP contribution in [0.3, 0.4) is 0 Å². The molecule has 0 atom stereocenters. The molecule has 1 heterocycles.